The number of benzene rings is 1. The molecule has 1 aromatic carbocycles. The molecule has 0 bridgehead atoms. The van der Waals surface area contributed by atoms with E-state index in [9.17, 15) is 13.2 Å². The highest BCUT2D eigenvalue weighted by atomic mass is 19.2. The molecule has 0 spiro atoms. The van der Waals surface area contributed by atoms with Crippen LogP contribution in [0.5, 0.6) is 0 Å². The fourth-order valence-electron chi connectivity index (χ4n) is 1.80. The predicted octanol–water partition coefficient (Wildman–Crippen LogP) is 3.18. The molecule has 1 aromatic rings. The molecule has 0 saturated heterocycles. The summed E-state index contributed by atoms with van der Waals surface area (Å²) in [5.74, 6) is -3.74. The van der Waals surface area contributed by atoms with E-state index in [0.29, 0.717) is 13.0 Å². The molecule has 0 radical (unpaired) electrons. The van der Waals surface area contributed by atoms with Gasteiger partial charge >= 0.3 is 0 Å². The van der Waals surface area contributed by atoms with Crippen LogP contribution in [-0.2, 0) is 4.74 Å². The van der Waals surface area contributed by atoms with E-state index in [1.807, 2.05) is 13.8 Å². The summed E-state index contributed by atoms with van der Waals surface area (Å²) in [6, 6.07) is 1.80. The van der Waals surface area contributed by atoms with Crippen molar-refractivity contribution < 1.29 is 17.9 Å². The maximum atomic E-state index is 13.7. The van der Waals surface area contributed by atoms with E-state index < -0.39 is 23.5 Å². The Morgan fingerprint density at radius 3 is 2.44 bits per heavy atom. The van der Waals surface area contributed by atoms with Gasteiger partial charge in [-0.2, -0.15) is 0 Å². The molecule has 5 heteroatoms. The lowest BCUT2D eigenvalue weighted by Gasteiger charge is -2.22. The Labute approximate surface area is 105 Å². The van der Waals surface area contributed by atoms with Crippen LogP contribution in [0.1, 0.15) is 31.9 Å². The van der Waals surface area contributed by atoms with Crippen molar-refractivity contribution in [1.29, 1.82) is 0 Å². The molecule has 0 aliphatic rings. The first kappa shape index (κ1) is 15.0. The number of ether oxygens (including phenoxy) is 1. The first-order valence-corrected chi connectivity index (χ1v) is 5.90. The average Bonchev–Trinajstić information content (AvgIpc) is 2.35. The van der Waals surface area contributed by atoms with Gasteiger partial charge in [-0.1, -0.05) is 13.0 Å². The van der Waals surface area contributed by atoms with Crippen molar-refractivity contribution in [2.24, 2.45) is 0 Å². The Balaban J connectivity index is 3.02. The molecule has 0 aromatic heterocycles. The molecule has 0 aliphatic carbocycles. The molecular weight excluding hydrogens is 243 g/mol. The molecule has 0 saturated carbocycles. The predicted molar refractivity (Wildman–Crippen MR) is 63.8 cm³/mol. The lowest BCUT2D eigenvalue weighted by molar-refractivity contribution is 0.100. The molecule has 0 heterocycles. The van der Waals surface area contributed by atoms with Crippen molar-refractivity contribution in [3.8, 4) is 0 Å². The van der Waals surface area contributed by atoms with Crippen LogP contribution in [0.3, 0.4) is 0 Å². The second kappa shape index (κ2) is 6.75. The molecule has 0 fully saturated rings. The molecule has 2 nitrogen and oxygen atoms in total. The average molecular weight is 261 g/mol. The third-order valence-electron chi connectivity index (χ3n) is 2.86. The summed E-state index contributed by atoms with van der Waals surface area (Å²) in [5, 5.41) is 3.04. The molecule has 102 valence electrons. The normalized spacial score (nSPS) is 14.6. The topological polar surface area (TPSA) is 21.3 Å². The fraction of sp³-hybridized carbons (Fsp3) is 0.538. The second-order valence-corrected chi connectivity index (χ2v) is 4.16. The fourth-order valence-corrected chi connectivity index (χ4v) is 1.80. The Hall–Kier alpha value is -1.07. The summed E-state index contributed by atoms with van der Waals surface area (Å²) < 4.78 is 44.9. The smallest absolute Gasteiger partial charge is 0.194 e. The first-order valence-electron chi connectivity index (χ1n) is 5.90. The highest BCUT2D eigenvalue weighted by molar-refractivity contribution is 5.23. The number of methoxy groups -OCH3 is 1. The minimum Gasteiger partial charge on any atom is -0.382 e. The Kier molecular flexibility index (Phi) is 5.62. The summed E-state index contributed by atoms with van der Waals surface area (Å²) >= 11 is 0. The van der Waals surface area contributed by atoms with Crippen LogP contribution < -0.4 is 5.32 Å². The van der Waals surface area contributed by atoms with Gasteiger partial charge in [-0.25, -0.2) is 13.2 Å². The highest BCUT2D eigenvalue weighted by Gasteiger charge is 2.21. The minimum atomic E-state index is -1.43. The van der Waals surface area contributed by atoms with Gasteiger partial charge in [0.15, 0.2) is 17.5 Å². The van der Waals surface area contributed by atoms with E-state index in [2.05, 4.69) is 5.32 Å². The molecule has 0 aliphatic heterocycles. The van der Waals surface area contributed by atoms with Gasteiger partial charge in [-0.15, -0.1) is 0 Å². The van der Waals surface area contributed by atoms with Gasteiger partial charge in [0.25, 0.3) is 0 Å². The summed E-state index contributed by atoms with van der Waals surface area (Å²) in [5.41, 5.74) is 0.125. The lowest BCUT2D eigenvalue weighted by Crippen LogP contribution is -2.26. The van der Waals surface area contributed by atoms with E-state index >= 15 is 0 Å². The van der Waals surface area contributed by atoms with Gasteiger partial charge in [0, 0.05) is 18.7 Å². The number of halogens is 3. The van der Waals surface area contributed by atoms with Crippen molar-refractivity contribution in [2.75, 3.05) is 13.7 Å². The Morgan fingerprint density at radius 2 is 1.89 bits per heavy atom. The quantitative estimate of drug-likeness (QED) is 0.794. The molecule has 1 N–H and O–H groups in total. The zero-order valence-electron chi connectivity index (χ0n) is 10.8. The largest absolute Gasteiger partial charge is 0.382 e. The van der Waals surface area contributed by atoms with Gasteiger partial charge in [0.05, 0.1) is 6.10 Å². The first-order chi connectivity index (χ1) is 8.51. The standard InChI is InChI=1S/C13H18F3NO/c1-4-17-11(7-8(2)18-3)9-5-6-10(14)13(16)12(9)15/h5-6,8,11,17H,4,7H2,1-3H3. The van der Waals surface area contributed by atoms with Crippen molar-refractivity contribution in [3.63, 3.8) is 0 Å². The number of rotatable bonds is 6. The molecule has 1 rings (SSSR count). The van der Waals surface area contributed by atoms with Crippen LogP contribution in [0.2, 0.25) is 0 Å². The summed E-state index contributed by atoms with van der Waals surface area (Å²) in [6.07, 6.45) is 0.369. The van der Waals surface area contributed by atoms with Gasteiger partial charge in [0.1, 0.15) is 0 Å². The number of hydrogen-bond donors (Lipinski definition) is 1. The van der Waals surface area contributed by atoms with Crippen LogP contribution in [0.25, 0.3) is 0 Å². The van der Waals surface area contributed by atoms with Crippen molar-refractivity contribution in [2.45, 2.75) is 32.4 Å². The van der Waals surface area contributed by atoms with E-state index in [-0.39, 0.29) is 11.7 Å². The third-order valence-corrected chi connectivity index (χ3v) is 2.86. The zero-order valence-corrected chi connectivity index (χ0v) is 10.8. The van der Waals surface area contributed by atoms with Crippen molar-refractivity contribution in [1.82, 2.24) is 5.32 Å². The van der Waals surface area contributed by atoms with Crippen LogP contribution in [0, 0.1) is 17.5 Å². The maximum Gasteiger partial charge on any atom is 0.194 e. The van der Waals surface area contributed by atoms with Crippen LogP contribution in [0.15, 0.2) is 12.1 Å². The SMILES string of the molecule is CCNC(CC(C)OC)c1ccc(F)c(F)c1F. The second-order valence-electron chi connectivity index (χ2n) is 4.16. The summed E-state index contributed by atoms with van der Waals surface area (Å²) in [7, 11) is 1.55. The molecule has 0 amide bonds. The van der Waals surface area contributed by atoms with Crippen LogP contribution >= 0.6 is 0 Å². The molecule has 2 unspecified atom stereocenters. The summed E-state index contributed by atoms with van der Waals surface area (Å²) in [6.45, 7) is 4.30. The van der Waals surface area contributed by atoms with E-state index in [0.717, 1.165) is 6.07 Å². The zero-order chi connectivity index (χ0) is 13.7. The highest BCUT2D eigenvalue weighted by Crippen LogP contribution is 2.25. The van der Waals surface area contributed by atoms with Gasteiger partial charge in [-0.3, -0.25) is 0 Å². The third kappa shape index (κ3) is 3.46. The van der Waals surface area contributed by atoms with Gasteiger partial charge in [0.2, 0.25) is 0 Å². The minimum absolute atomic E-state index is 0.110. The monoisotopic (exact) mass is 261 g/mol. The van der Waals surface area contributed by atoms with E-state index in [4.69, 9.17) is 4.74 Å². The Bertz CT molecular complexity index is 398. The van der Waals surface area contributed by atoms with Crippen molar-refractivity contribution in [3.05, 3.63) is 35.1 Å². The van der Waals surface area contributed by atoms with E-state index in [1.165, 1.54) is 6.07 Å². The maximum absolute atomic E-state index is 13.7. The molecule has 18 heavy (non-hydrogen) atoms. The Morgan fingerprint density at radius 1 is 1.22 bits per heavy atom. The van der Waals surface area contributed by atoms with Crippen LogP contribution in [0.4, 0.5) is 13.2 Å². The lowest BCUT2D eigenvalue weighted by atomic mass is 10.00. The molecule has 2 atom stereocenters. The summed E-state index contributed by atoms with van der Waals surface area (Å²) in [4.78, 5) is 0. The van der Waals surface area contributed by atoms with Crippen LogP contribution in [-0.4, -0.2) is 19.8 Å². The number of nitrogens with one attached hydrogen (secondary N) is 1. The van der Waals surface area contributed by atoms with Gasteiger partial charge < -0.3 is 10.1 Å². The van der Waals surface area contributed by atoms with E-state index in [1.54, 1.807) is 7.11 Å². The number of hydrogen-bond acceptors (Lipinski definition) is 2. The molecular formula is C13H18F3NO. The van der Waals surface area contributed by atoms with Gasteiger partial charge in [-0.05, 0) is 26.0 Å². The van der Waals surface area contributed by atoms with Crippen molar-refractivity contribution >= 4 is 0 Å².